The van der Waals surface area contributed by atoms with Gasteiger partial charge in [0, 0.05) is 28.8 Å². The second kappa shape index (κ2) is 8.48. The number of hydrogen-bond acceptors (Lipinski definition) is 4. The van der Waals surface area contributed by atoms with Gasteiger partial charge in [-0.25, -0.2) is 4.98 Å². The van der Waals surface area contributed by atoms with Gasteiger partial charge in [-0.15, -0.1) is 11.3 Å². The van der Waals surface area contributed by atoms with E-state index in [4.69, 9.17) is 0 Å². The van der Waals surface area contributed by atoms with E-state index in [-0.39, 0.29) is 24.5 Å². The standard InChI is InChI=1S/C23H24N2O2S/c1-14-6-9-18(10-7-14)22-17(4)28-23(25-22)24-21(27)12-11-20(26)19-13-15(2)5-8-16(19)3/h5-10,13H,11-12H2,1-4H3,(H,24,25,27). The molecule has 1 N–H and O–H groups in total. The summed E-state index contributed by atoms with van der Waals surface area (Å²) in [4.78, 5) is 30.4. The Morgan fingerprint density at radius 3 is 2.32 bits per heavy atom. The number of carbonyl (C=O) groups excluding carboxylic acids is 2. The molecule has 28 heavy (non-hydrogen) atoms. The van der Waals surface area contributed by atoms with Gasteiger partial charge in [0.2, 0.25) is 5.91 Å². The summed E-state index contributed by atoms with van der Waals surface area (Å²) in [5, 5.41) is 3.40. The Morgan fingerprint density at radius 2 is 1.61 bits per heavy atom. The first kappa shape index (κ1) is 20.0. The number of aromatic nitrogens is 1. The first-order valence-corrected chi connectivity index (χ1v) is 10.1. The average molecular weight is 393 g/mol. The molecule has 5 heteroatoms. The van der Waals surface area contributed by atoms with Crippen molar-refractivity contribution in [2.75, 3.05) is 5.32 Å². The lowest BCUT2D eigenvalue weighted by molar-refractivity contribution is -0.116. The fourth-order valence-electron chi connectivity index (χ4n) is 3.01. The van der Waals surface area contributed by atoms with Crippen LogP contribution in [0.15, 0.2) is 42.5 Å². The highest BCUT2D eigenvalue weighted by Gasteiger charge is 2.15. The van der Waals surface area contributed by atoms with Crippen molar-refractivity contribution in [1.29, 1.82) is 0 Å². The first-order valence-electron chi connectivity index (χ1n) is 9.28. The number of hydrogen-bond donors (Lipinski definition) is 1. The number of rotatable bonds is 6. The molecule has 144 valence electrons. The number of nitrogens with one attached hydrogen (secondary N) is 1. The third-order valence-electron chi connectivity index (χ3n) is 4.64. The molecule has 0 unspecified atom stereocenters. The minimum Gasteiger partial charge on any atom is -0.302 e. The number of amides is 1. The maximum atomic E-state index is 12.5. The molecule has 0 atom stereocenters. The van der Waals surface area contributed by atoms with E-state index < -0.39 is 0 Å². The fraction of sp³-hybridized carbons (Fsp3) is 0.261. The Morgan fingerprint density at radius 1 is 0.929 bits per heavy atom. The van der Waals surface area contributed by atoms with Crippen molar-refractivity contribution in [3.05, 3.63) is 69.6 Å². The van der Waals surface area contributed by atoms with Gasteiger partial charge >= 0.3 is 0 Å². The number of Topliss-reactive ketones (excluding diaryl/α,β-unsaturated/α-hetero) is 1. The quantitative estimate of drug-likeness (QED) is 0.552. The molecule has 3 aromatic rings. The smallest absolute Gasteiger partial charge is 0.226 e. The highest BCUT2D eigenvalue weighted by Crippen LogP contribution is 2.30. The molecule has 1 aromatic heterocycles. The Hall–Kier alpha value is -2.79. The topological polar surface area (TPSA) is 59.1 Å². The summed E-state index contributed by atoms with van der Waals surface area (Å²) in [6.45, 7) is 7.91. The van der Waals surface area contributed by atoms with Gasteiger partial charge in [-0.2, -0.15) is 0 Å². The number of benzene rings is 2. The number of thiazole rings is 1. The molecule has 0 aliphatic heterocycles. The minimum absolute atomic E-state index is 0.00739. The SMILES string of the molecule is Cc1ccc(-c2nc(NC(=O)CCC(=O)c3cc(C)ccc3C)sc2C)cc1. The molecule has 0 radical (unpaired) electrons. The predicted octanol–water partition coefficient (Wildman–Crippen LogP) is 5.65. The lowest BCUT2D eigenvalue weighted by Crippen LogP contribution is -2.13. The molecule has 0 aliphatic carbocycles. The number of carbonyl (C=O) groups is 2. The van der Waals surface area contributed by atoms with Crippen molar-refractivity contribution < 1.29 is 9.59 Å². The van der Waals surface area contributed by atoms with Crippen LogP contribution in [0, 0.1) is 27.7 Å². The van der Waals surface area contributed by atoms with Gasteiger partial charge < -0.3 is 5.32 Å². The number of nitrogens with zero attached hydrogens (tertiary/aromatic N) is 1. The molecule has 3 rings (SSSR count). The molecule has 0 bridgehead atoms. The van der Waals surface area contributed by atoms with Crippen LogP contribution in [0.1, 0.15) is 44.8 Å². The van der Waals surface area contributed by atoms with Crippen LogP contribution in [-0.2, 0) is 4.79 Å². The lowest BCUT2D eigenvalue weighted by atomic mass is 9.99. The van der Waals surface area contributed by atoms with Crippen LogP contribution >= 0.6 is 11.3 Å². The van der Waals surface area contributed by atoms with Crippen LogP contribution < -0.4 is 5.32 Å². The van der Waals surface area contributed by atoms with Crippen LogP contribution in [-0.4, -0.2) is 16.7 Å². The van der Waals surface area contributed by atoms with E-state index >= 15 is 0 Å². The summed E-state index contributed by atoms with van der Waals surface area (Å²) in [5.74, 6) is -0.199. The normalized spacial score (nSPS) is 10.7. The molecular formula is C23H24N2O2S. The van der Waals surface area contributed by atoms with E-state index in [1.54, 1.807) is 0 Å². The van der Waals surface area contributed by atoms with Crippen molar-refractivity contribution in [3.63, 3.8) is 0 Å². The zero-order valence-electron chi connectivity index (χ0n) is 16.6. The van der Waals surface area contributed by atoms with Crippen molar-refractivity contribution >= 4 is 28.2 Å². The molecule has 0 fully saturated rings. The van der Waals surface area contributed by atoms with Gasteiger partial charge in [0.05, 0.1) is 5.69 Å². The maximum Gasteiger partial charge on any atom is 0.226 e. The zero-order chi connectivity index (χ0) is 20.3. The van der Waals surface area contributed by atoms with Gasteiger partial charge in [-0.05, 0) is 39.3 Å². The van der Waals surface area contributed by atoms with E-state index in [0.29, 0.717) is 10.7 Å². The molecule has 0 saturated heterocycles. The van der Waals surface area contributed by atoms with Crippen LogP contribution in [0.5, 0.6) is 0 Å². The van der Waals surface area contributed by atoms with E-state index in [2.05, 4.69) is 10.3 Å². The van der Waals surface area contributed by atoms with Gasteiger partial charge in [-0.3, -0.25) is 9.59 Å². The first-order chi connectivity index (χ1) is 13.3. The molecule has 2 aromatic carbocycles. The monoisotopic (exact) mass is 392 g/mol. The molecule has 4 nitrogen and oxygen atoms in total. The molecule has 0 spiro atoms. The largest absolute Gasteiger partial charge is 0.302 e. The fourth-order valence-corrected chi connectivity index (χ4v) is 3.86. The molecular weight excluding hydrogens is 368 g/mol. The van der Waals surface area contributed by atoms with Crippen LogP contribution in [0.4, 0.5) is 5.13 Å². The maximum absolute atomic E-state index is 12.5. The van der Waals surface area contributed by atoms with Gasteiger partial charge in [-0.1, -0.05) is 47.5 Å². The molecule has 1 heterocycles. The van der Waals surface area contributed by atoms with E-state index in [0.717, 1.165) is 27.3 Å². The molecule has 0 aliphatic rings. The highest BCUT2D eigenvalue weighted by molar-refractivity contribution is 7.16. The van der Waals surface area contributed by atoms with Gasteiger partial charge in [0.1, 0.15) is 0 Å². The summed E-state index contributed by atoms with van der Waals surface area (Å²) in [5.41, 5.74) is 5.78. The Balaban J connectivity index is 1.62. The van der Waals surface area contributed by atoms with Crippen molar-refractivity contribution in [1.82, 2.24) is 4.98 Å². The Kier molecular flexibility index (Phi) is 6.05. The lowest BCUT2D eigenvalue weighted by Gasteiger charge is -2.06. The van der Waals surface area contributed by atoms with Crippen LogP contribution in [0.2, 0.25) is 0 Å². The number of aryl methyl sites for hydroxylation is 4. The summed E-state index contributed by atoms with van der Waals surface area (Å²) >= 11 is 1.45. The molecule has 0 saturated carbocycles. The Labute approximate surface area is 169 Å². The van der Waals surface area contributed by atoms with Crippen LogP contribution in [0.3, 0.4) is 0 Å². The van der Waals surface area contributed by atoms with Crippen molar-refractivity contribution in [2.24, 2.45) is 0 Å². The second-order valence-electron chi connectivity index (χ2n) is 7.08. The number of ketones is 1. The Bertz CT molecular complexity index is 1020. The average Bonchev–Trinajstić information content (AvgIpc) is 3.02. The van der Waals surface area contributed by atoms with E-state index in [1.165, 1.54) is 16.9 Å². The minimum atomic E-state index is -0.192. The van der Waals surface area contributed by atoms with Crippen molar-refractivity contribution in [2.45, 2.75) is 40.5 Å². The number of anilines is 1. The summed E-state index contributed by atoms with van der Waals surface area (Å²) in [7, 11) is 0. The van der Waals surface area contributed by atoms with E-state index in [1.807, 2.05) is 70.2 Å². The summed E-state index contributed by atoms with van der Waals surface area (Å²) in [6, 6.07) is 14.0. The zero-order valence-corrected chi connectivity index (χ0v) is 17.4. The van der Waals surface area contributed by atoms with Gasteiger partial charge in [0.15, 0.2) is 10.9 Å². The third-order valence-corrected chi connectivity index (χ3v) is 5.53. The summed E-state index contributed by atoms with van der Waals surface area (Å²) < 4.78 is 0. The summed E-state index contributed by atoms with van der Waals surface area (Å²) in [6.07, 6.45) is 0.329. The van der Waals surface area contributed by atoms with Crippen LogP contribution in [0.25, 0.3) is 11.3 Å². The van der Waals surface area contributed by atoms with E-state index in [9.17, 15) is 9.59 Å². The predicted molar refractivity (Wildman–Crippen MR) is 115 cm³/mol. The molecule has 1 amide bonds. The highest BCUT2D eigenvalue weighted by atomic mass is 32.1. The second-order valence-corrected chi connectivity index (χ2v) is 8.28. The third kappa shape index (κ3) is 4.73. The van der Waals surface area contributed by atoms with Gasteiger partial charge in [0.25, 0.3) is 0 Å². The van der Waals surface area contributed by atoms with Crippen molar-refractivity contribution in [3.8, 4) is 11.3 Å².